The number of halogens is 1. The molecule has 1 saturated heterocycles. The molecule has 1 aliphatic rings. The predicted molar refractivity (Wildman–Crippen MR) is 125 cm³/mol. The number of piperazine rings is 1. The van der Waals surface area contributed by atoms with Crippen LogP contribution in [0, 0.1) is 19.7 Å². The van der Waals surface area contributed by atoms with Crippen LogP contribution in [0.4, 0.5) is 15.9 Å². The highest BCUT2D eigenvalue weighted by molar-refractivity contribution is 7.89. The molecule has 1 fully saturated rings. The molecule has 7 nitrogen and oxygen atoms in total. The van der Waals surface area contributed by atoms with E-state index in [2.05, 4.69) is 10.3 Å². The normalized spacial score (nSPS) is 14.8. The SMILES string of the molecule is Cc1cc(C)cc(S(=O)(=O)N2CCN(c3ccc(NC(=O)c4ccc(F)cc4)cn3)CC2)c1. The number of anilines is 2. The molecule has 0 bridgehead atoms. The number of nitrogens with zero attached hydrogens (tertiary/aromatic N) is 3. The van der Waals surface area contributed by atoms with E-state index in [1.807, 2.05) is 24.8 Å². The van der Waals surface area contributed by atoms with Crippen LogP contribution in [0.5, 0.6) is 0 Å². The molecule has 0 unspecified atom stereocenters. The van der Waals surface area contributed by atoms with Crippen molar-refractivity contribution in [3.05, 3.63) is 83.3 Å². The van der Waals surface area contributed by atoms with Gasteiger partial charge in [-0.1, -0.05) is 6.07 Å². The Bertz CT molecular complexity index is 1230. The van der Waals surface area contributed by atoms with Crippen molar-refractivity contribution in [2.75, 3.05) is 36.4 Å². The van der Waals surface area contributed by atoms with Crippen molar-refractivity contribution in [1.82, 2.24) is 9.29 Å². The van der Waals surface area contributed by atoms with E-state index in [4.69, 9.17) is 0 Å². The van der Waals surface area contributed by atoms with Gasteiger partial charge in [-0.2, -0.15) is 4.31 Å². The maximum Gasteiger partial charge on any atom is 0.255 e. The molecule has 0 radical (unpaired) electrons. The molecule has 33 heavy (non-hydrogen) atoms. The molecule has 1 amide bonds. The second-order valence-corrected chi connectivity index (χ2v) is 10.0. The molecule has 1 N–H and O–H groups in total. The first-order valence-corrected chi connectivity index (χ1v) is 12.0. The summed E-state index contributed by atoms with van der Waals surface area (Å²) in [5.41, 5.74) is 2.71. The molecular formula is C24H25FN4O3S. The molecule has 9 heteroatoms. The summed E-state index contributed by atoms with van der Waals surface area (Å²) in [4.78, 5) is 19.0. The van der Waals surface area contributed by atoms with Gasteiger partial charge in [-0.25, -0.2) is 17.8 Å². The van der Waals surface area contributed by atoms with E-state index < -0.39 is 15.8 Å². The minimum Gasteiger partial charge on any atom is -0.354 e. The number of carbonyl (C=O) groups is 1. The van der Waals surface area contributed by atoms with Crippen LogP contribution in [-0.2, 0) is 10.0 Å². The number of nitrogens with one attached hydrogen (secondary N) is 1. The summed E-state index contributed by atoms with van der Waals surface area (Å²) in [6.45, 7) is 5.53. The topological polar surface area (TPSA) is 82.6 Å². The first-order chi connectivity index (χ1) is 15.7. The molecule has 2 heterocycles. The maximum atomic E-state index is 13.0. The first-order valence-electron chi connectivity index (χ1n) is 10.6. The Balaban J connectivity index is 1.38. The van der Waals surface area contributed by atoms with E-state index >= 15 is 0 Å². The summed E-state index contributed by atoms with van der Waals surface area (Å²) >= 11 is 0. The number of amides is 1. The standard InChI is InChI=1S/C24H25FN4O3S/c1-17-13-18(2)15-22(14-17)33(31,32)29-11-9-28(10-12-29)23-8-7-21(16-26-23)27-24(30)19-3-5-20(25)6-4-19/h3-8,13-16H,9-12H2,1-2H3,(H,27,30). The molecule has 1 aliphatic heterocycles. The van der Waals surface area contributed by atoms with E-state index in [0.717, 1.165) is 11.1 Å². The van der Waals surface area contributed by atoms with Crippen molar-refractivity contribution >= 4 is 27.4 Å². The van der Waals surface area contributed by atoms with E-state index in [1.165, 1.54) is 28.6 Å². The fourth-order valence-corrected chi connectivity index (χ4v) is 5.45. The zero-order valence-corrected chi connectivity index (χ0v) is 19.3. The van der Waals surface area contributed by atoms with E-state index in [-0.39, 0.29) is 5.91 Å². The highest BCUT2D eigenvalue weighted by Crippen LogP contribution is 2.23. The zero-order valence-electron chi connectivity index (χ0n) is 18.5. The Morgan fingerprint density at radius 2 is 1.58 bits per heavy atom. The third-order valence-corrected chi connectivity index (χ3v) is 7.38. The summed E-state index contributed by atoms with van der Waals surface area (Å²) in [7, 11) is -3.55. The van der Waals surface area contributed by atoms with Crippen LogP contribution in [0.1, 0.15) is 21.5 Å². The van der Waals surface area contributed by atoms with E-state index in [9.17, 15) is 17.6 Å². The van der Waals surface area contributed by atoms with Crippen molar-refractivity contribution in [2.24, 2.45) is 0 Å². The maximum absolute atomic E-state index is 13.0. The highest BCUT2D eigenvalue weighted by Gasteiger charge is 2.29. The lowest BCUT2D eigenvalue weighted by molar-refractivity contribution is 0.102. The second kappa shape index (κ2) is 9.29. The quantitative estimate of drug-likeness (QED) is 0.619. The van der Waals surface area contributed by atoms with Crippen molar-refractivity contribution in [3.63, 3.8) is 0 Å². The van der Waals surface area contributed by atoms with Crippen molar-refractivity contribution in [3.8, 4) is 0 Å². The average Bonchev–Trinajstić information content (AvgIpc) is 2.79. The summed E-state index contributed by atoms with van der Waals surface area (Å²) in [6, 6.07) is 14.2. The van der Waals surface area contributed by atoms with Crippen molar-refractivity contribution in [2.45, 2.75) is 18.7 Å². The number of rotatable bonds is 5. The predicted octanol–water partition coefficient (Wildman–Crippen LogP) is 3.60. The number of benzene rings is 2. The smallest absolute Gasteiger partial charge is 0.255 e. The van der Waals surface area contributed by atoms with Gasteiger partial charge in [-0.15, -0.1) is 0 Å². The van der Waals surface area contributed by atoms with Crippen molar-refractivity contribution < 1.29 is 17.6 Å². The summed E-state index contributed by atoms with van der Waals surface area (Å²) in [6.07, 6.45) is 1.55. The zero-order chi connectivity index (χ0) is 23.6. The second-order valence-electron chi connectivity index (χ2n) is 8.08. The minimum atomic E-state index is -3.55. The summed E-state index contributed by atoms with van der Waals surface area (Å²) in [5.74, 6) is -0.0487. The van der Waals surface area contributed by atoms with Crippen LogP contribution >= 0.6 is 0 Å². The Morgan fingerprint density at radius 3 is 2.15 bits per heavy atom. The fourth-order valence-electron chi connectivity index (χ4n) is 3.84. The molecule has 4 rings (SSSR count). The van der Waals surface area contributed by atoms with Gasteiger partial charge in [-0.05, 0) is 73.5 Å². The molecular weight excluding hydrogens is 443 g/mol. The number of aromatic nitrogens is 1. The number of aryl methyl sites for hydroxylation is 2. The number of hydrogen-bond donors (Lipinski definition) is 1. The van der Waals surface area contributed by atoms with Gasteiger partial charge in [-0.3, -0.25) is 4.79 Å². The van der Waals surface area contributed by atoms with Gasteiger partial charge in [0, 0.05) is 31.7 Å². The summed E-state index contributed by atoms with van der Waals surface area (Å²) < 4.78 is 40.6. The van der Waals surface area contributed by atoms with E-state index in [1.54, 1.807) is 30.5 Å². The molecule has 0 atom stereocenters. The van der Waals surface area contributed by atoms with Crippen LogP contribution in [0.2, 0.25) is 0 Å². The molecule has 0 spiro atoms. The van der Waals surface area contributed by atoms with Crippen LogP contribution in [0.25, 0.3) is 0 Å². The lowest BCUT2D eigenvalue weighted by Gasteiger charge is -2.34. The molecule has 3 aromatic rings. The lowest BCUT2D eigenvalue weighted by atomic mass is 10.2. The minimum absolute atomic E-state index is 0.327. The Kier molecular flexibility index (Phi) is 6.44. The van der Waals surface area contributed by atoms with Gasteiger partial charge < -0.3 is 10.2 Å². The van der Waals surface area contributed by atoms with Crippen LogP contribution in [0.3, 0.4) is 0 Å². The first kappa shape index (κ1) is 22.9. The third-order valence-electron chi connectivity index (χ3n) is 5.51. The van der Waals surface area contributed by atoms with Gasteiger partial charge >= 0.3 is 0 Å². The van der Waals surface area contributed by atoms with Gasteiger partial charge in [0.05, 0.1) is 16.8 Å². The highest BCUT2D eigenvalue weighted by atomic mass is 32.2. The van der Waals surface area contributed by atoms with Gasteiger partial charge in [0.1, 0.15) is 11.6 Å². The average molecular weight is 469 g/mol. The Morgan fingerprint density at radius 1 is 0.939 bits per heavy atom. The number of sulfonamides is 1. The Hall–Kier alpha value is -3.30. The Labute approximate surface area is 192 Å². The van der Waals surface area contributed by atoms with Gasteiger partial charge in [0.15, 0.2) is 0 Å². The van der Waals surface area contributed by atoms with E-state index in [0.29, 0.717) is 48.1 Å². The molecule has 2 aromatic carbocycles. The van der Waals surface area contributed by atoms with Crippen LogP contribution in [-0.4, -0.2) is 49.8 Å². The largest absolute Gasteiger partial charge is 0.354 e. The van der Waals surface area contributed by atoms with Crippen molar-refractivity contribution in [1.29, 1.82) is 0 Å². The van der Waals surface area contributed by atoms with Gasteiger partial charge in [0.2, 0.25) is 10.0 Å². The number of pyridine rings is 1. The molecule has 0 saturated carbocycles. The molecule has 1 aromatic heterocycles. The number of carbonyl (C=O) groups excluding carboxylic acids is 1. The lowest BCUT2D eigenvalue weighted by Crippen LogP contribution is -2.48. The molecule has 0 aliphatic carbocycles. The van der Waals surface area contributed by atoms with Gasteiger partial charge in [0.25, 0.3) is 5.91 Å². The number of hydrogen-bond acceptors (Lipinski definition) is 5. The van der Waals surface area contributed by atoms with Crippen LogP contribution < -0.4 is 10.2 Å². The molecule has 172 valence electrons. The summed E-state index contributed by atoms with van der Waals surface area (Å²) in [5, 5.41) is 2.73. The monoisotopic (exact) mass is 468 g/mol. The third kappa shape index (κ3) is 5.20. The fraction of sp³-hybridized carbons (Fsp3) is 0.250. The van der Waals surface area contributed by atoms with Crippen LogP contribution in [0.15, 0.2) is 65.7 Å².